The Morgan fingerprint density at radius 2 is 1.86 bits per heavy atom. The second kappa shape index (κ2) is 10.9. The summed E-state index contributed by atoms with van der Waals surface area (Å²) in [6.07, 6.45) is 0.381. The lowest BCUT2D eigenvalue weighted by atomic mass is 10.1. The van der Waals surface area contributed by atoms with Gasteiger partial charge in [0.25, 0.3) is 11.2 Å². The fraction of sp³-hybridized carbons (Fsp3) is 0.250. The summed E-state index contributed by atoms with van der Waals surface area (Å²) in [5.74, 6) is 0.503. The summed E-state index contributed by atoms with van der Waals surface area (Å²) in [6.45, 7) is 3.60. The van der Waals surface area contributed by atoms with Gasteiger partial charge in [0.2, 0.25) is 5.88 Å². The standard InChI is InChI=1S/C24H23N5O6/c1-4-35-18-9-10-20(21(13-18)29(32)33)26-27-22-15(2)19(14-25)23(30)28(24(22)31)12-11-16-5-7-17(34-3)8-6-16/h5-10,13,30H,4,11-12H2,1-3H3. The number of nitriles is 1. The molecule has 0 saturated carbocycles. The van der Waals surface area contributed by atoms with Crippen LogP contribution in [-0.4, -0.2) is 28.3 Å². The van der Waals surface area contributed by atoms with Crippen molar-refractivity contribution >= 4 is 17.1 Å². The van der Waals surface area contributed by atoms with Crippen LogP contribution in [0.5, 0.6) is 17.4 Å². The van der Waals surface area contributed by atoms with Crippen molar-refractivity contribution in [1.29, 1.82) is 5.26 Å². The van der Waals surface area contributed by atoms with Crippen molar-refractivity contribution in [3.63, 3.8) is 0 Å². The molecule has 0 radical (unpaired) electrons. The molecular weight excluding hydrogens is 454 g/mol. The van der Waals surface area contributed by atoms with Gasteiger partial charge < -0.3 is 14.6 Å². The Hall–Kier alpha value is -4.72. The van der Waals surface area contributed by atoms with Gasteiger partial charge >= 0.3 is 0 Å². The molecule has 0 unspecified atom stereocenters. The number of rotatable bonds is 9. The van der Waals surface area contributed by atoms with Crippen LogP contribution in [0.4, 0.5) is 17.1 Å². The van der Waals surface area contributed by atoms with E-state index in [0.29, 0.717) is 24.5 Å². The second-order valence-electron chi connectivity index (χ2n) is 7.38. The number of nitro benzene ring substituents is 1. The number of aryl methyl sites for hydroxylation is 1. The maximum Gasteiger partial charge on any atom is 0.300 e. The lowest BCUT2D eigenvalue weighted by Crippen LogP contribution is -2.22. The van der Waals surface area contributed by atoms with Crippen molar-refractivity contribution in [3.8, 4) is 23.4 Å². The van der Waals surface area contributed by atoms with E-state index in [4.69, 9.17) is 9.47 Å². The first-order chi connectivity index (χ1) is 16.8. The number of ether oxygens (including phenoxy) is 2. The average Bonchev–Trinajstić information content (AvgIpc) is 2.85. The molecule has 35 heavy (non-hydrogen) atoms. The van der Waals surface area contributed by atoms with E-state index < -0.39 is 16.4 Å². The zero-order chi connectivity index (χ0) is 25.5. The number of benzene rings is 2. The first-order valence-electron chi connectivity index (χ1n) is 10.6. The quantitative estimate of drug-likeness (QED) is 0.266. The summed E-state index contributed by atoms with van der Waals surface area (Å²) in [7, 11) is 1.56. The third-order valence-electron chi connectivity index (χ3n) is 5.26. The van der Waals surface area contributed by atoms with E-state index in [1.54, 1.807) is 26.2 Å². The third kappa shape index (κ3) is 5.44. The Bertz CT molecular complexity index is 1370. The molecule has 0 fully saturated rings. The SMILES string of the molecule is CCOc1ccc(N=Nc2c(C)c(C#N)c(O)n(CCc3ccc(OC)cc3)c2=O)c([N+](=O)[O-])c1. The lowest BCUT2D eigenvalue weighted by molar-refractivity contribution is -0.384. The van der Waals surface area contributed by atoms with Gasteiger partial charge in [-0.15, -0.1) is 10.2 Å². The van der Waals surface area contributed by atoms with Crippen LogP contribution >= 0.6 is 0 Å². The highest BCUT2D eigenvalue weighted by Crippen LogP contribution is 2.33. The van der Waals surface area contributed by atoms with E-state index in [9.17, 15) is 25.3 Å². The molecule has 11 heteroatoms. The molecule has 0 bridgehead atoms. The van der Waals surface area contributed by atoms with Gasteiger partial charge in [0.1, 0.15) is 23.1 Å². The fourth-order valence-electron chi connectivity index (χ4n) is 3.39. The highest BCUT2D eigenvalue weighted by molar-refractivity contribution is 5.61. The predicted octanol–water partition coefficient (Wildman–Crippen LogP) is 4.71. The van der Waals surface area contributed by atoms with Crippen LogP contribution in [0.1, 0.15) is 23.6 Å². The van der Waals surface area contributed by atoms with Gasteiger partial charge in [-0.1, -0.05) is 12.1 Å². The largest absolute Gasteiger partial charge is 0.497 e. The van der Waals surface area contributed by atoms with Crippen molar-refractivity contribution in [1.82, 2.24) is 4.57 Å². The zero-order valence-electron chi connectivity index (χ0n) is 19.4. The summed E-state index contributed by atoms with van der Waals surface area (Å²) < 4.78 is 11.5. The Kier molecular flexibility index (Phi) is 7.78. The van der Waals surface area contributed by atoms with E-state index in [2.05, 4.69) is 10.2 Å². The molecule has 0 saturated heterocycles. The van der Waals surface area contributed by atoms with Gasteiger partial charge in [-0.3, -0.25) is 19.5 Å². The summed E-state index contributed by atoms with van der Waals surface area (Å²) >= 11 is 0. The Labute approximate surface area is 200 Å². The highest BCUT2D eigenvalue weighted by atomic mass is 16.6. The molecule has 1 aromatic heterocycles. The van der Waals surface area contributed by atoms with Crippen molar-refractivity contribution in [3.05, 3.63) is 79.6 Å². The van der Waals surface area contributed by atoms with Crippen LogP contribution in [0.2, 0.25) is 0 Å². The zero-order valence-corrected chi connectivity index (χ0v) is 19.4. The molecule has 3 rings (SSSR count). The Morgan fingerprint density at radius 3 is 2.46 bits per heavy atom. The number of nitro groups is 1. The molecule has 0 aliphatic heterocycles. The summed E-state index contributed by atoms with van der Waals surface area (Å²) in [4.78, 5) is 24.0. The maximum atomic E-state index is 13.1. The van der Waals surface area contributed by atoms with E-state index in [0.717, 1.165) is 10.1 Å². The molecule has 0 amide bonds. The fourth-order valence-corrected chi connectivity index (χ4v) is 3.39. The topological polar surface area (TPSA) is 152 Å². The first-order valence-corrected chi connectivity index (χ1v) is 10.6. The summed E-state index contributed by atoms with van der Waals surface area (Å²) in [6, 6.07) is 13.2. The maximum absolute atomic E-state index is 13.1. The van der Waals surface area contributed by atoms with Gasteiger partial charge in [0.15, 0.2) is 11.4 Å². The highest BCUT2D eigenvalue weighted by Gasteiger charge is 2.20. The van der Waals surface area contributed by atoms with Crippen LogP contribution in [0.15, 0.2) is 57.5 Å². The smallest absolute Gasteiger partial charge is 0.300 e. The Morgan fingerprint density at radius 1 is 1.17 bits per heavy atom. The monoisotopic (exact) mass is 477 g/mol. The number of hydrogen-bond donors (Lipinski definition) is 1. The van der Waals surface area contributed by atoms with E-state index in [1.165, 1.54) is 25.1 Å². The minimum absolute atomic E-state index is 0.0671. The second-order valence-corrected chi connectivity index (χ2v) is 7.38. The molecule has 0 aliphatic carbocycles. The molecular formula is C24H23N5O6. The van der Waals surface area contributed by atoms with E-state index in [-0.39, 0.29) is 34.7 Å². The molecule has 0 aliphatic rings. The van der Waals surface area contributed by atoms with E-state index >= 15 is 0 Å². The van der Waals surface area contributed by atoms with Crippen molar-refractivity contribution in [2.24, 2.45) is 10.2 Å². The van der Waals surface area contributed by atoms with Crippen molar-refractivity contribution < 1.29 is 19.5 Å². The normalized spacial score (nSPS) is 10.8. The van der Waals surface area contributed by atoms with Crippen LogP contribution in [-0.2, 0) is 13.0 Å². The van der Waals surface area contributed by atoms with Gasteiger partial charge in [-0.05, 0) is 50.1 Å². The van der Waals surface area contributed by atoms with Crippen molar-refractivity contribution in [2.75, 3.05) is 13.7 Å². The van der Waals surface area contributed by atoms with Crippen molar-refractivity contribution in [2.45, 2.75) is 26.8 Å². The molecule has 1 N–H and O–H groups in total. The van der Waals surface area contributed by atoms with Gasteiger partial charge in [0.05, 0.1) is 24.7 Å². The van der Waals surface area contributed by atoms with Crippen LogP contribution in [0.25, 0.3) is 0 Å². The van der Waals surface area contributed by atoms with Gasteiger partial charge in [0, 0.05) is 12.1 Å². The average molecular weight is 477 g/mol. The van der Waals surface area contributed by atoms with E-state index in [1.807, 2.05) is 18.2 Å². The first kappa shape index (κ1) is 24.9. The molecule has 0 atom stereocenters. The number of nitrogens with zero attached hydrogens (tertiary/aromatic N) is 5. The number of hydrogen-bond acceptors (Lipinski definition) is 9. The minimum atomic E-state index is -0.676. The lowest BCUT2D eigenvalue weighted by Gasteiger charge is -2.13. The number of azo groups is 1. The summed E-state index contributed by atoms with van der Waals surface area (Å²) in [5, 5.41) is 39.5. The summed E-state index contributed by atoms with van der Waals surface area (Å²) in [5.41, 5.74) is -0.445. The molecule has 1 heterocycles. The van der Waals surface area contributed by atoms with Gasteiger partial charge in [-0.25, -0.2) is 0 Å². The molecule has 180 valence electrons. The molecule has 2 aromatic carbocycles. The number of aromatic nitrogens is 1. The van der Waals surface area contributed by atoms with Crippen LogP contribution in [0.3, 0.4) is 0 Å². The van der Waals surface area contributed by atoms with Gasteiger partial charge in [-0.2, -0.15) is 5.26 Å². The van der Waals surface area contributed by atoms with Crippen LogP contribution < -0.4 is 15.0 Å². The number of pyridine rings is 1. The molecule has 0 spiro atoms. The molecule has 3 aromatic rings. The molecule has 11 nitrogen and oxygen atoms in total. The number of methoxy groups -OCH3 is 1. The predicted molar refractivity (Wildman–Crippen MR) is 127 cm³/mol. The third-order valence-corrected chi connectivity index (χ3v) is 5.26. The minimum Gasteiger partial charge on any atom is -0.497 e. The number of aromatic hydroxyl groups is 1. The Balaban J connectivity index is 2.01. The van der Waals surface area contributed by atoms with Crippen LogP contribution in [0, 0.1) is 28.4 Å².